The molecule has 9 heteroatoms. The van der Waals surface area contributed by atoms with Gasteiger partial charge in [0.1, 0.15) is 0 Å². The maximum Gasteiger partial charge on any atom is 0.260 e. The number of ether oxygens (including phenoxy) is 2. The molecule has 3 aliphatic heterocycles. The van der Waals surface area contributed by atoms with Gasteiger partial charge in [-0.3, -0.25) is 4.79 Å². The SMILES string of the molecule is Cc1ccnc2c1C1CCC(CC1)OCC1[C@@H](NS(C)(=O)=O)CCN1C(=O)CO2. The summed E-state index contributed by atoms with van der Waals surface area (Å²) in [5.41, 5.74) is 2.24. The average molecular weight is 424 g/mol. The van der Waals surface area contributed by atoms with Crippen LogP contribution in [0, 0.1) is 6.92 Å². The van der Waals surface area contributed by atoms with E-state index in [4.69, 9.17) is 9.47 Å². The van der Waals surface area contributed by atoms with Crippen molar-refractivity contribution in [3.63, 3.8) is 0 Å². The molecule has 1 unspecified atom stereocenters. The minimum atomic E-state index is -3.37. The van der Waals surface area contributed by atoms with Gasteiger partial charge in [-0.2, -0.15) is 0 Å². The van der Waals surface area contributed by atoms with Gasteiger partial charge in [0, 0.05) is 24.3 Å². The molecule has 1 saturated heterocycles. The number of hydrogen-bond donors (Lipinski definition) is 1. The van der Waals surface area contributed by atoms with E-state index in [-0.39, 0.29) is 30.7 Å². The third kappa shape index (κ3) is 4.57. The van der Waals surface area contributed by atoms with Crippen LogP contribution in [0.4, 0.5) is 0 Å². The third-order valence-corrected chi connectivity index (χ3v) is 7.05. The second kappa shape index (κ2) is 8.20. The summed E-state index contributed by atoms with van der Waals surface area (Å²) >= 11 is 0. The number of carbonyl (C=O) groups is 1. The van der Waals surface area contributed by atoms with E-state index in [0.717, 1.165) is 43.1 Å². The first-order valence-electron chi connectivity index (χ1n) is 10.3. The molecule has 4 heterocycles. The molecule has 1 N–H and O–H groups in total. The normalized spacial score (nSPS) is 30.6. The number of nitrogens with zero attached hydrogens (tertiary/aromatic N) is 2. The van der Waals surface area contributed by atoms with E-state index in [2.05, 4.69) is 16.6 Å². The van der Waals surface area contributed by atoms with Crippen LogP contribution in [-0.4, -0.2) is 68.4 Å². The highest BCUT2D eigenvalue weighted by Gasteiger charge is 2.40. The first kappa shape index (κ1) is 20.6. The van der Waals surface area contributed by atoms with Crippen LogP contribution in [0.15, 0.2) is 12.3 Å². The van der Waals surface area contributed by atoms with E-state index < -0.39 is 10.0 Å². The van der Waals surface area contributed by atoms with Gasteiger partial charge >= 0.3 is 0 Å². The van der Waals surface area contributed by atoms with E-state index in [1.54, 1.807) is 11.1 Å². The smallest absolute Gasteiger partial charge is 0.260 e. The number of carbonyl (C=O) groups excluding carboxylic acids is 1. The van der Waals surface area contributed by atoms with Gasteiger partial charge in [0.2, 0.25) is 15.9 Å². The number of rotatable bonds is 2. The first-order chi connectivity index (χ1) is 13.8. The second-order valence-corrected chi connectivity index (χ2v) is 10.2. The Morgan fingerprint density at radius 1 is 1.21 bits per heavy atom. The fourth-order valence-electron chi connectivity index (χ4n) is 4.90. The molecule has 4 aliphatic rings. The summed E-state index contributed by atoms with van der Waals surface area (Å²) in [7, 11) is -3.37. The molecule has 1 aromatic heterocycles. The Labute approximate surface area is 172 Å². The lowest BCUT2D eigenvalue weighted by molar-refractivity contribution is -0.136. The van der Waals surface area contributed by atoms with E-state index in [1.165, 1.54) is 0 Å². The van der Waals surface area contributed by atoms with Crippen LogP contribution in [0.1, 0.15) is 49.1 Å². The summed E-state index contributed by atoms with van der Waals surface area (Å²) in [4.78, 5) is 19.0. The molecule has 1 amide bonds. The monoisotopic (exact) mass is 423 g/mol. The van der Waals surface area contributed by atoms with Crippen molar-refractivity contribution in [2.45, 2.75) is 63.1 Å². The average Bonchev–Trinajstić information content (AvgIpc) is 3.05. The molecule has 8 nitrogen and oxygen atoms in total. The number of fused-ring (bicyclic) bond motifs is 5. The van der Waals surface area contributed by atoms with Crippen LogP contribution < -0.4 is 9.46 Å². The van der Waals surface area contributed by atoms with Gasteiger partial charge in [0.15, 0.2) is 6.61 Å². The van der Waals surface area contributed by atoms with Crippen LogP contribution >= 0.6 is 0 Å². The number of aryl methyl sites for hydroxylation is 1. The van der Waals surface area contributed by atoms with Crippen LogP contribution in [0.5, 0.6) is 5.88 Å². The Kier molecular flexibility index (Phi) is 5.81. The van der Waals surface area contributed by atoms with Crippen molar-refractivity contribution in [1.82, 2.24) is 14.6 Å². The molecule has 2 atom stereocenters. The van der Waals surface area contributed by atoms with Crippen molar-refractivity contribution >= 4 is 15.9 Å². The topological polar surface area (TPSA) is 97.8 Å². The molecule has 2 fully saturated rings. The fraction of sp³-hybridized carbons (Fsp3) is 0.700. The predicted octanol–water partition coefficient (Wildman–Crippen LogP) is 1.34. The number of aromatic nitrogens is 1. The van der Waals surface area contributed by atoms with Crippen LogP contribution in [0.25, 0.3) is 0 Å². The van der Waals surface area contributed by atoms with E-state index >= 15 is 0 Å². The highest BCUT2D eigenvalue weighted by molar-refractivity contribution is 7.88. The Morgan fingerprint density at radius 3 is 2.69 bits per heavy atom. The zero-order valence-electron chi connectivity index (χ0n) is 17.0. The molecule has 0 radical (unpaired) electrons. The highest BCUT2D eigenvalue weighted by Crippen LogP contribution is 2.39. The summed E-state index contributed by atoms with van der Waals surface area (Å²) in [6, 6.07) is 1.31. The van der Waals surface area contributed by atoms with Gasteiger partial charge in [-0.1, -0.05) is 0 Å². The van der Waals surface area contributed by atoms with Crippen molar-refractivity contribution in [3.05, 3.63) is 23.4 Å². The van der Waals surface area contributed by atoms with E-state index in [9.17, 15) is 13.2 Å². The molecule has 0 aromatic carbocycles. The van der Waals surface area contributed by atoms with E-state index in [1.807, 2.05) is 6.07 Å². The molecular weight excluding hydrogens is 394 g/mol. The number of nitrogens with one attached hydrogen (secondary N) is 1. The molecule has 29 heavy (non-hydrogen) atoms. The standard InChI is InChI=1S/C20H29N3O5S/c1-13-7-9-21-20-19(13)14-3-5-15(6-4-14)27-11-17-16(22-29(2,25)26)8-10-23(17)18(24)12-28-20/h7,9,14-17,22H,3-6,8,10-12H2,1-2H3/t14?,15?,16-,17?/m0/s1. The molecule has 1 aliphatic carbocycles. The zero-order valence-corrected chi connectivity index (χ0v) is 17.8. The van der Waals surface area contributed by atoms with Crippen molar-refractivity contribution in [2.75, 3.05) is 26.0 Å². The highest BCUT2D eigenvalue weighted by atomic mass is 32.2. The maximum atomic E-state index is 12.9. The van der Waals surface area contributed by atoms with Crippen molar-refractivity contribution < 1.29 is 22.7 Å². The summed E-state index contributed by atoms with van der Waals surface area (Å²) < 4.78 is 38.3. The molecular formula is C20H29N3O5S. The summed E-state index contributed by atoms with van der Waals surface area (Å²) in [6.45, 7) is 2.76. The minimum absolute atomic E-state index is 0.109. The number of hydrogen-bond acceptors (Lipinski definition) is 6. The second-order valence-electron chi connectivity index (χ2n) is 8.38. The first-order valence-corrected chi connectivity index (χ1v) is 12.2. The Hall–Kier alpha value is -1.71. The van der Waals surface area contributed by atoms with Crippen molar-refractivity contribution in [3.8, 4) is 5.88 Å². The Balaban J connectivity index is 1.61. The number of pyridine rings is 1. The quantitative estimate of drug-likeness (QED) is 0.771. The molecule has 160 valence electrons. The molecule has 0 spiro atoms. The van der Waals surface area contributed by atoms with Crippen LogP contribution in [0.2, 0.25) is 0 Å². The number of sulfonamides is 1. The third-order valence-electron chi connectivity index (χ3n) is 6.32. The lowest BCUT2D eigenvalue weighted by Gasteiger charge is -2.32. The molecule has 1 aromatic rings. The lowest BCUT2D eigenvalue weighted by atomic mass is 9.81. The lowest BCUT2D eigenvalue weighted by Crippen LogP contribution is -2.50. The molecule has 1 saturated carbocycles. The Bertz CT molecular complexity index is 867. The van der Waals surface area contributed by atoms with Gasteiger partial charge in [-0.15, -0.1) is 0 Å². The minimum Gasteiger partial charge on any atom is -0.467 e. The maximum absolute atomic E-state index is 12.9. The fourth-order valence-corrected chi connectivity index (χ4v) is 5.73. The largest absolute Gasteiger partial charge is 0.467 e. The number of amides is 1. The van der Waals surface area contributed by atoms with E-state index in [0.29, 0.717) is 31.4 Å². The summed E-state index contributed by atoms with van der Waals surface area (Å²) in [6.07, 6.45) is 7.40. The summed E-state index contributed by atoms with van der Waals surface area (Å²) in [5.74, 6) is 0.731. The molecule has 5 rings (SSSR count). The van der Waals surface area contributed by atoms with Gasteiger partial charge in [-0.25, -0.2) is 18.1 Å². The van der Waals surface area contributed by atoms with Gasteiger partial charge in [0.25, 0.3) is 5.91 Å². The molecule has 2 bridgehead atoms. The van der Waals surface area contributed by atoms with Gasteiger partial charge in [0.05, 0.1) is 25.0 Å². The van der Waals surface area contributed by atoms with Gasteiger partial charge in [-0.05, 0) is 56.6 Å². The van der Waals surface area contributed by atoms with Gasteiger partial charge < -0.3 is 14.4 Å². The summed E-state index contributed by atoms with van der Waals surface area (Å²) in [5, 5.41) is 0. The zero-order chi connectivity index (χ0) is 20.6. The van der Waals surface area contributed by atoms with Crippen LogP contribution in [-0.2, 0) is 19.6 Å². The Morgan fingerprint density at radius 2 is 1.97 bits per heavy atom. The van der Waals surface area contributed by atoms with Crippen molar-refractivity contribution in [1.29, 1.82) is 0 Å². The van der Waals surface area contributed by atoms with Crippen LogP contribution in [0.3, 0.4) is 0 Å². The van der Waals surface area contributed by atoms with Crippen molar-refractivity contribution in [2.24, 2.45) is 0 Å². The predicted molar refractivity (Wildman–Crippen MR) is 107 cm³/mol.